The van der Waals surface area contributed by atoms with E-state index in [1.54, 1.807) is 0 Å². The Morgan fingerprint density at radius 1 is 0.129 bits per heavy atom. The molecule has 0 atom stereocenters. The Balaban J connectivity index is 0.791. The number of rotatable bonds is 14. The van der Waals surface area contributed by atoms with Crippen LogP contribution in [-0.4, -0.2) is 29.9 Å². The average molecular weight is 1680 g/mol. The zero-order valence-corrected chi connectivity index (χ0v) is 72.1. The van der Waals surface area contributed by atoms with Gasteiger partial charge >= 0.3 is 0 Å². The van der Waals surface area contributed by atoms with Crippen molar-refractivity contribution in [3.05, 3.63) is 448 Å². The predicted molar refractivity (Wildman–Crippen MR) is 552 cm³/mol. The number of nitrogens with zero attached hydrogens (tertiary/aromatic N) is 6. The Kier molecular flexibility index (Phi) is 18.2. The summed E-state index contributed by atoms with van der Waals surface area (Å²) in [6, 6.07) is 161. The van der Waals surface area contributed by atoms with E-state index in [0.29, 0.717) is 34.9 Å². The lowest BCUT2D eigenvalue weighted by atomic mass is 9.75. The summed E-state index contributed by atoms with van der Waals surface area (Å²) in [6.45, 7) is 0. The van der Waals surface area contributed by atoms with E-state index in [4.69, 9.17) is 29.9 Å². The van der Waals surface area contributed by atoms with Gasteiger partial charge in [0.2, 0.25) is 0 Å². The Hall–Kier alpha value is -17.1. The van der Waals surface area contributed by atoms with Crippen molar-refractivity contribution in [1.29, 1.82) is 0 Å². The van der Waals surface area contributed by atoms with Crippen molar-refractivity contribution < 1.29 is 0 Å². The van der Waals surface area contributed by atoms with E-state index in [0.717, 1.165) is 140 Å². The van der Waals surface area contributed by atoms with Gasteiger partial charge in [-0.25, -0.2) is 29.9 Å². The summed E-state index contributed by atoms with van der Waals surface area (Å²) >= 11 is 0. The number of fused-ring (bicyclic) bond motifs is 18. The molecule has 0 amide bonds. The van der Waals surface area contributed by atoms with E-state index in [-0.39, 0.29) is 0 Å². The van der Waals surface area contributed by atoms with E-state index in [1.807, 2.05) is 72.8 Å². The van der Waals surface area contributed by atoms with E-state index < -0.39 is 0 Å². The lowest BCUT2D eigenvalue weighted by Gasteiger charge is -2.28. The van der Waals surface area contributed by atoms with Crippen LogP contribution in [0.1, 0.15) is 24.0 Å². The number of hydrogen-bond donors (Lipinski definition) is 0. The molecule has 0 N–H and O–H groups in total. The molecule has 2 aromatic heterocycles. The van der Waals surface area contributed by atoms with Gasteiger partial charge in [0, 0.05) is 33.4 Å². The molecule has 2 heterocycles. The molecule has 25 aromatic rings. The Morgan fingerprint density at radius 3 is 0.712 bits per heavy atom. The van der Waals surface area contributed by atoms with Crippen LogP contribution in [0.3, 0.4) is 0 Å². The maximum Gasteiger partial charge on any atom is 0.164 e. The van der Waals surface area contributed by atoms with Crippen molar-refractivity contribution in [2.24, 2.45) is 0 Å². The van der Waals surface area contributed by atoms with Crippen LogP contribution in [-0.2, 0) is 12.8 Å². The van der Waals surface area contributed by atoms with Crippen LogP contribution in [0.15, 0.2) is 437 Å². The Labute approximate surface area is 763 Å². The van der Waals surface area contributed by atoms with Gasteiger partial charge in [0.1, 0.15) is 0 Å². The second kappa shape index (κ2) is 31.5. The fourth-order valence-corrected chi connectivity index (χ4v) is 21.6. The predicted octanol–water partition coefficient (Wildman–Crippen LogP) is 33.2. The minimum absolute atomic E-state index is 0.570. The first-order chi connectivity index (χ1) is 65.5. The van der Waals surface area contributed by atoms with Gasteiger partial charge < -0.3 is 0 Å². The lowest BCUT2D eigenvalue weighted by Crippen LogP contribution is -2.04. The molecule has 0 radical (unpaired) electrons. The molecule has 0 saturated carbocycles. The van der Waals surface area contributed by atoms with Crippen LogP contribution in [0.2, 0.25) is 0 Å². The molecule has 614 valence electrons. The first-order valence-electron chi connectivity index (χ1n) is 45.7. The van der Waals surface area contributed by atoms with Gasteiger partial charge in [0.25, 0.3) is 0 Å². The van der Waals surface area contributed by atoms with Gasteiger partial charge in [-0.1, -0.05) is 413 Å². The molecule has 0 aliphatic heterocycles. The minimum atomic E-state index is 0.570. The van der Waals surface area contributed by atoms with Gasteiger partial charge in [-0.2, -0.15) is 0 Å². The summed E-state index contributed by atoms with van der Waals surface area (Å²) < 4.78 is 0. The minimum Gasteiger partial charge on any atom is -0.208 e. The highest BCUT2D eigenvalue weighted by atomic mass is 15.0. The van der Waals surface area contributed by atoms with E-state index in [9.17, 15) is 0 Å². The van der Waals surface area contributed by atoms with Gasteiger partial charge in [0.05, 0.1) is 0 Å². The fourth-order valence-electron chi connectivity index (χ4n) is 21.6. The van der Waals surface area contributed by atoms with E-state index >= 15 is 0 Å². The molecule has 0 unspecified atom stereocenters. The van der Waals surface area contributed by atoms with Gasteiger partial charge in [0.15, 0.2) is 34.9 Å². The molecular formula is C126H80N6. The molecule has 0 bridgehead atoms. The second-order valence-corrected chi connectivity index (χ2v) is 35.1. The fraction of sp³-hybridized carbons (Fsp3) is 0.0317. The zero-order chi connectivity index (χ0) is 86.9. The highest BCUT2D eigenvalue weighted by Crippen LogP contribution is 2.58. The number of aryl methyl sites for hydroxylation is 2. The normalized spacial score (nSPS) is 12.3. The third kappa shape index (κ3) is 12.8. The monoisotopic (exact) mass is 1680 g/mol. The third-order valence-electron chi connectivity index (χ3n) is 27.7. The molecule has 0 spiro atoms. The summed E-state index contributed by atoms with van der Waals surface area (Å²) in [4.78, 5) is 31.8. The average Bonchev–Trinajstić information content (AvgIpc) is 0.676. The maximum absolute atomic E-state index is 5.36. The van der Waals surface area contributed by atoms with Crippen molar-refractivity contribution >= 4 is 108 Å². The van der Waals surface area contributed by atoms with Crippen LogP contribution in [0, 0.1) is 0 Å². The SMILES string of the molecule is c1ccc(-c2nc(-c3ccccc3)nc(-c3ccc(-c4c(-c5ccc(-c6nc(-c7ccccc7)nc(-c7ccccc7)n6)cc5)c(-c5ccc(-c6ccc7c8ccccc8c8ccccc8c7c6)cc5)c5c6cccc7c8cc(-c9ccccc9)c(-c9ccccc9)cc8c8cccc(c5c4-c4ccc(-c5ccc9c(c5)c5c(c%10ccccc%109)CCCC5)cc4)c8c76)cc3)n2)cc1. The topological polar surface area (TPSA) is 77.3 Å². The van der Waals surface area contributed by atoms with E-state index in [1.165, 1.54) is 127 Å². The Morgan fingerprint density at radius 2 is 0.356 bits per heavy atom. The van der Waals surface area contributed by atoms with Gasteiger partial charge in [-0.3, -0.25) is 0 Å². The van der Waals surface area contributed by atoms with Crippen LogP contribution in [0.4, 0.5) is 0 Å². The largest absolute Gasteiger partial charge is 0.208 e. The number of benzene rings is 23. The van der Waals surface area contributed by atoms with Crippen LogP contribution in [0.25, 0.3) is 265 Å². The molecule has 1 aliphatic carbocycles. The maximum atomic E-state index is 5.36. The van der Waals surface area contributed by atoms with Crippen LogP contribution < -0.4 is 0 Å². The third-order valence-corrected chi connectivity index (χ3v) is 27.7. The summed E-state index contributed by atoms with van der Waals surface area (Å²) in [5.74, 6) is 3.53. The first kappa shape index (κ1) is 76.2. The quantitative estimate of drug-likeness (QED) is 0.0797. The summed E-state index contributed by atoms with van der Waals surface area (Å²) in [5.41, 5.74) is 26.1. The molecule has 6 nitrogen and oxygen atoms in total. The number of hydrogen-bond acceptors (Lipinski definition) is 6. The van der Waals surface area contributed by atoms with Crippen molar-refractivity contribution in [2.75, 3.05) is 0 Å². The molecule has 1 aliphatic rings. The lowest BCUT2D eigenvalue weighted by molar-refractivity contribution is 0.694. The first-order valence-corrected chi connectivity index (χ1v) is 45.7. The summed E-state index contributed by atoms with van der Waals surface area (Å²) in [7, 11) is 0. The molecule has 23 aromatic carbocycles. The van der Waals surface area contributed by atoms with Crippen LogP contribution in [0.5, 0.6) is 0 Å². The summed E-state index contributed by atoms with van der Waals surface area (Å²) in [5, 5.41) is 24.7. The molecule has 6 heteroatoms. The zero-order valence-electron chi connectivity index (χ0n) is 72.1. The molecule has 132 heavy (non-hydrogen) atoms. The Bertz CT molecular complexity index is 8770. The van der Waals surface area contributed by atoms with E-state index in [2.05, 4.69) is 364 Å². The van der Waals surface area contributed by atoms with Gasteiger partial charge in [-0.15, -0.1) is 0 Å². The van der Waals surface area contributed by atoms with Crippen molar-refractivity contribution in [3.8, 4) is 157 Å². The second-order valence-electron chi connectivity index (χ2n) is 35.1. The van der Waals surface area contributed by atoms with Crippen molar-refractivity contribution in [1.82, 2.24) is 29.9 Å². The smallest absolute Gasteiger partial charge is 0.164 e. The van der Waals surface area contributed by atoms with Crippen molar-refractivity contribution in [2.45, 2.75) is 25.7 Å². The van der Waals surface area contributed by atoms with Crippen LogP contribution >= 0.6 is 0 Å². The molecular weight excluding hydrogens is 1600 g/mol. The molecule has 0 saturated heterocycles. The van der Waals surface area contributed by atoms with Crippen molar-refractivity contribution in [3.63, 3.8) is 0 Å². The standard InChI is InChI=1S/C126H80N6/c1-7-29-79(30-8-1)107-75-111-103-49-27-51-105-117(103)118-104(112(111)76-108(107)80-31-9-2-10-32-80)50-28-52-106(118)120-116(84-59-55-78(56-60-84)92-70-72-102-98-46-22-20-42-94(98)96-44-24-26-48-100(96)110(102)74-92)114(82-63-67-90(68-64-82)126-131-123(87-37-15-5-16-38-87)128-124(132-126)88-39-17-6-18-40-88)113(81-61-65-89(66-62-81)125-129-121(85-33-11-3-12-34-85)127-122(130-125)86-35-13-4-14-36-86)115(119(105)120)83-57-53-77(54-58-83)91-69-71-101-97-45-21-19-41-93(97)95-43-23-25-47-99(95)109(101)73-91/h1-23,25,27-43,45-47,49-76H,24,26,44,48H2. The summed E-state index contributed by atoms with van der Waals surface area (Å²) in [6.07, 6.45) is 4.55. The molecule has 26 rings (SSSR count). The number of aromatic nitrogens is 6. The highest BCUT2D eigenvalue weighted by Gasteiger charge is 2.31. The highest BCUT2D eigenvalue weighted by molar-refractivity contribution is 6.44. The van der Waals surface area contributed by atoms with Gasteiger partial charge in [-0.05, 0) is 258 Å². The molecule has 0 fully saturated rings.